The predicted molar refractivity (Wildman–Crippen MR) is 141 cm³/mol. The van der Waals surface area contributed by atoms with E-state index in [1.807, 2.05) is 24.3 Å². The van der Waals surface area contributed by atoms with E-state index in [2.05, 4.69) is 5.32 Å². The zero-order chi connectivity index (χ0) is 26.7. The number of sulfonamides is 1. The number of methoxy groups -OCH3 is 1. The maximum absolute atomic E-state index is 13.8. The molecule has 1 N–H and O–H groups in total. The first kappa shape index (κ1) is 26.4. The number of hydrogen-bond acceptors (Lipinski definition) is 6. The highest BCUT2D eigenvalue weighted by atomic mass is 35.5. The van der Waals surface area contributed by atoms with Gasteiger partial charge in [-0.05, 0) is 61.6 Å². The zero-order valence-corrected chi connectivity index (χ0v) is 21.9. The van der Waals surface area contributed by atoms with Crippen molar-refractivity contribution in [2.75, 3.05) is 18.0 Å². The van der Waals surface area contributed by atoms with Crippen LogP contribution >= 0.6 is 11.6 Å². The van der Waals surface area contributed by atoms with Crippen LogP contribution in [0.3, 0.4) is 0 Å². The van der Waals surface area contributed by atoms with Gasteiger partial charge in [0.2, 0.25) is 5.91 Å². The Balaban J connectivity index is 1.74. The van der Waals surface area contributed by atoms with Crippen molar-refractivity contribution < 1.29 is 22.9 Å². The van der Waals surface area contributed by atoms with Crippen molar-refractivity contribution in [3.8, 4) is 5.75 Å². The summed E-state index contributed by atoms with van der Waals surface area (Å²) < 4.78 is 33.9. The number of aryl methyl sites for hydroxylation is 2. The summed E-state index contributed by atoms with van der Waals surface area (Å²) in [4.78, 5) is 23.8. The Kier molecular flexibility index (Phi) is 7.70. The molecule has 0 bridgehead atoms. The molecule has 1 aliphatic carbocycles. The predicted octanol–water partition coefficient (Wildman–Crippen LogP) is 4.95. The first-order valence-corrected chi connectivity index (χ1v) is 13.4. The van der Waals surface area contributed by atoms with Crippen LogP contribution in [0.5, 0.6) is 5.75 Å². The van der Waals surface area contributed by atoms with Crippen molar-refractivity contribution in [3.05, 3.63) is 92.5 Å². The summed E-state index contributed by atoms with van der Waals surface area (Å²) in [5, 5.41) is 14.7. The van der Waals surface area contributed by atoms with Crippen molar-refractivity contribution in [1.29, 1.82) is 0 Å². The smallest absolute Gasteiger partial charge is 0.273 e. The van der Waals surface area contributed by atoms with Gasteiger partial charge in [-0.15, -0.1) is 0 Å². The lowest BCUT2D eigenvalue weighted by Crippen LogP contribution is -2.42. The van der Waals surface area contributed by atoms with Gasteiger partial charge in [-0.25, -0.2) is 8.42 Å². The highest BCUT2D eigenvalue weighted by molar-refractivity contribution is 7.92. The quantitative estimate of drug-likeness (QED) is 0.317. The molecule has 1 atom stereocenters. The number of anilines is 1. The topological polar surface area (TPSA) is 119 Å². The third kappa shape index (κ3) is 5.55. The number of rotatable bonds is 8. The molecule has 0 radical (unpaired) electrons. The van der Waals surface area contributed by atoms with Gasteiger partial charge in [-0.1, -0.05) is 41.9 Å². The van der Waals surface area contributed by atoms with Crippen LogP contribution in [0, 0.1) is 17.0 Å². The Morgan fingerprint density at radius 3 is 2.68 bits per heavy atom. The molecule has 1 amide bonds. The third-order valence-electron chi connectivity index (χ3n) is 6.37. The third-order valence-corrected chi connectivity index (χ3v) is 8.36. The maximum Gasteiger partial charge on any atom is 0.273 e. The largest absolute Gasteiger partial charge is 0.495 e. The molecule has 194 valence electrons. The van der Waals surface area contributed by atoms with Crippen LogP contribution in [0.4, 0.5) is 11.4 Å². The average molecular weight is 544 g/mol. The molecule has 0 saturated carbocycles. The fraction of sp³-hybridized carbons (Fsp3) is 0.269. The molecule has 1 aliphatic rings. The summed E-state index contributed by atoms with van der Waals surface area (Å²) >= 11 is 6.18. The number of nitro benzene ring substituents is 1. The van der Waals surface area contributed by atoms with Gasteiger partial charge in [-0.2, -0.15) is 0 Å². The summed E-state index contributed by atoms with van der Waals surface area (Å²) in [5.74, 6) is -0.362. The summed E-state index contributed by atoms with van der Waals surface area (Å²) in [7, 11) is -3.07. The number of hydrogen-bond donors (Lipinski definition) is 1. The number of carbonyl (C=O) groups is 1. The Hall–Kier alpha value is -3.63. The lowest BCUT2D eigenvalue weighted by Gasteiger charge is -2.29. The van der Waals surface area contributed by atoms with E-state index < -0.39 is 27.4 Å². The number of benzene rings is 3. The number of nitrogens with one attached hydrogen (secondary N) is 1. The molecule has 0 saturated heterocycles. The van der Waals surface area contributed by atoms with E-state index in [1.165, 1.54) is 44.4 Å². The molecular formula is C26H26ClN3O6S. The Morgan fingerprint density at radius 2 is 1.95 bits per heavy atom. The minimum Gasteiger partial charge on any atom is -0.495 e. The number of nitro groups is 1. The van der Waals surface area contributed by atoms with E-state index in [4.69, 9.17) is 16.3 Å². The van der Waals surface area contributed by atoms with Crippen LogP contribution in [-0.4, -0.2) is 32.9 Å². The highest BCUT2D eigenvalue weighted by Gasteiger charge is 2.32. The van der Waals surface area contributed by atoms with E-state index in [1.54, 1.807) is 0 Å². The van der Waals surface area contributed by atoms with E-state index in [-0.39, 0.29) is 33.1 Å². The van der Waals surface area contributed by atoms with E-state index >= 15 is 0 Å². The van der Waals surface area contributed by atoms with Gasteiger partial charge in [0, 0.05) is 16.7 Å². The molecule has 3 aromatic carbocycles. The summed E-state index contributed by atoms with van der Waals surface area (Å²) in [6, 6.07) is 15.6. The van der Waals surface area contributed by atoms with Gasteiger partial charge in [0.05, 0.1) is 28.7 Å². The van der Waals surface area contributed by atoms with Crippen LogP contribution in [0.2, 0.25) is 5.02 Å². The molecule has 11 heteroatoms. The lowest BCUT2D eigenvalue weighted by atomic mass is 9.88. The van der Waals surface area contributed by atoms with Gasteiger partial charge in [0.1, 0.15) is 12.3 Å². The van der Waals surface area contributed by atoms with Crippen LogP contribution in [0.15, 0.2) is 65.6 Å². The summed E-state index contributed by atoms with van der Waals surface area (Å²) in [6.07, 6.45) is 2.52. The number of amides is 1. The Labute approximate surface area is 220 Å². The van der Waals surface area contributed by atoms with Crippen molar-refractivity contribution in [2.24, 2.45) is 0 Å². The fourth-order valence-corrected chi connectivity index (χ4v) is 6.12. The van der Waals surface area contributed by atoms with E-state index in [0.29, 0.717) is 5.56 Å². The van der Waals surface area contributed by atoms with Gasteiger partial charge >= 0.3 is 0 Å². The second-order valence-electron chi connectivity index (χ2n) is 8.74. The highest BCUT2D eigenvalue weighted by Crippen LogP contribution is 2.36. The monoisotopic (exact) mass is 543 g/mol. The number of halogens is 1. The molecule has 0 aliphatic heterocycles. The van der Waals surface area contributed by atoms with Crippen LogP contribution in [-0.2, 0) is 21.2 Å². The minimum atomic E-state index is -4.44. The molecule has 3 aromatic rings. The molecule has 37 heavy (non-hydrogen) atoms. The summed E-state index contributed by atoms with van der Waals surface area (Å²) in [5.41, 5.74) is 2.15. The molecule has 1 unspecified atom stereocenters. The second-order valence-corrected chi connectivity index (χ2v) is 11.0. The van der Waals surface area contributed by atoms with Gasteiger partial charge in [0.25, 0.3) is 15.7 Å². The zero-order valence-electron chi connectivity index (χ0n) is 20.3. The summed E-state index contributed by atoms with van der Waals surface area (Å²) in [6.45, 7) is 0.932. The Bertz CT molecular complexity index is 1460. The standard InChI is InChI=1S/C26H26ClN3O6S/c1-17-10-12-20(15-23(17)30(32)33)37(34,35)29(24-14-19(27)11-13-25(24)36-2)16-26(31)28-22-9-5-7-18-6-3-4-8-21(18)22/h3-4,6,8,10-15,22H,5,7,9,16H2,1-2H3,(H,28,31). The SMILES string of the molecule is COc1ccc(Cl)cc1N(CC(=O)NC1CCCc2ccccc21)S(=O)(=O)c1ccc(C)c([N+](=O)[O-])c1. The number of carbonyl (C=O) groups excluding carboxylic acids is 1. The molecule has 4 rings (SSSR count). The van der Waals surface area contributed by atoms with Crippen molar-refractivity contribution in [1.82, 2.24) is 5.32 Å². The molecular weight excluding hydrogens is 518 g/mol. The van der Waals surface area contributed by atoms with E-state index in [0.717, 1.165) is 40.8 Å². The molecule has 9 nitrogen and oxygen atoms in total. The fourth-order valence-electron chi connectivity index (χ4n) is 4.51. The molecule has 0 heterocycles. The van der Waals surface area contributed by atoms with Crippen LogP contribution in [0.1, 0.15) is 35.6 Å². The molecule has 0 spiro atoms. The van der Waals surface area contributed by atoms with Crippen LogP contribution < -0.4 is 14.4 Å². The average Bonchev–Trinajstić information content (AvgIpc) is 2.87. The van der Waals surface area contributed by atoms with Gasteiger partial charge < -0.3 is 10.1 Å². The second kappa shape index (κ2) is 10.8. The van der Waals surface area contributed by atoms with Crippen LogP contribution in [0.25, 0.3) is 0 Å². The number of ether oxygens (including phenoxy) is 1. The molecule has 0 aromatic heterocycles. The maximum atomic E-state index is 13.8. The van der Waals surface area contributed by atoms with Crippen molar-refractivity contribution >= 4 is 38.9 Å². The van der Waals surface area contributed by atoms with Gasteiger partial charge in [-0.3, -0.25) is 19.2 Å². The van der Waals surface area contributed by atoms with Gasteiger partial charge in [0.15, 0.2) is 0 Å². The van der Waals surface area contributed by atoms with Crippen molar-refractivity contribution in [2.45, 2.75) is 37.1 Å². The normalized spacial score (nSPS) is 14.9. The molecule has 0 fully saturated rings. The van der Waals surface area contributed by atoms with E-state index in [9.17, 15) is 23.3 Å². The minimum absolute atomic E-state index is 0.0393. The first-order chi connectivity index (χ1) is 17.6. The number of nitrogens with zero attached hydrogens (tertiary/aromatic N) is 2. The lowest BCUT2D eigenvalue weighted by molar-refractivity contribution is -0.385. The van der Waals surface area contributed by atoms with Crippen molar-refractivity contribution in [3.63, 3.8) is 0 Å². The number of fused-ring (bicyclic) bond motifs is 1. The Morgan fingerprint density at radius 1 is 1.19 bits per heavy atom. The first-order valence-electron chi connectivity index (χ1n) is 11.6.